The van der Waals surface area contributed by atoms with Crippen molar-refractivity contribution >= 4 is 17.5 Å². The maximum absolute atomic E-state index is 12.9. The van der Waals surface area contributed by atoms with Crippen molar-refractivity contribution in [2.75, 3.05) is 46.3 Å². The summed E-state index contributed by atoms with van der Waals surface area (Å²) >= 11 is 6.48. The maximum Gasteiger partial charge on any atom is 0.254 e. The van der Waals surface area contributed by atoms with E-state index in [0.29, 0.717) is 27.8 Å². The minimum Gasteiger partial charge on any atom is -0.489 e. The van der Waals surface area contributed by atoms with E-state index in [1.54, 1.807) is 6.07 Å². The van der Waals surface area contributed by atoms with Gasteiger partial charge in [0.1, 0.15) is 11.9 Å². The molecule has 29 heavy (non-hydrogen) atoms. The molecule has 0 bridgehead atoms. The smallest absolute Gasteiger partial charge is 0.254 e. The molecule has 0 radical (unpaired) electrons. The normalized spacial score (nSPS) is 22.7. The molecule has 0 aromatic heterocycles. The van der Waals surface area contributed by atoms with Gasteiger partial charge < -0.3 is 19.4 Å². The SMILES string of the molecule is C[C@H]1CN(C(=O)c2ccc(OC3CCN(CC(C)(C)C)CC3)c(Cl)c2)CCN1C. The molecule has 1 amide bonds. The van der Waals surface area contributed by atoms with E-state index >= 15 is 0 Å². The van der Waals surface area contributed by atoms with Crippen LogP contribution in [0.3, 0.4) is 0 Å². The second kappa shape index (κ2) is 9.23. The molecule has 0 aliphatic carbocycles. The number of carbonyl (C=O) groups excluding carboxylic acids is 1. The van der Waals surface area contributed by atoms with Crippen LogP contribution in [0.1, 0.15) is 50.9 Å². The molecule has 2 aliphatic heterocycles. The Morgan fingerprint density at radius 3 is 2.45 bits per heavy atom. The van der Waals surface area contributed by atoms with Crippen LogP contribution in [0.5, 0.6) is 5.75 Å². The van der Waals surface area contributed by atoms with Crippen LogP contribution >= 0.6 is 11.6 Å². The van der Waals surface area contributed by atoms with Gasteiger partial charge in [0.2, 0.25) is 0 Å². The summed E-state index contributed by atoms with van der Waals surface area (Å²) in [5, 5.41) is 0.523. The van der Waals surface area contributed by atoms with E-state index in [4.69, 9.17) is 16.3 Å². The summed E-state index contributed by atoms with van der Waals surface area (Å²) in [4.78, 5) is 19.6. The third-order valence-electron chi connectivity index (χ3n) is 5.95. The van der Waals surface area contributed by atoms with E-state index in [9.17, 15) is 4.79 Å². The van der Waals surface area contributed by atoms with Crippen LogP contribution in [0.25, 0.3) is 0 Å². The van der Waals surface area contributed by atoms with Gasteiger partial charge in [0.15, 0.2) is 0 Å². The van der Waals surface area contributed by atoms with Gasteiger partial charge in [-0.1, -0.05) is 32.4 Å². The lowest BCUT2D eigenvalue weighted by Crippen LogP contribution is -2.52. The number of nitrogens with zero attached hydrogens (tertiary/aromatic N) is 3. The molecule has 2 fully saturated rings. The lowest BCUT2D eigenvalue weighted by Gasteiger charge is -2.37. The Balaban J connectivity index is 1.56. The highest BCUT2D eigenvalue weighted by atomic mass is 35.5. The van der Waals surface area contributed by atoms with E-state index in [1.807, 2.05) is 17.0 Å². The largest absolute Gasteiger partial charge is 0.489 e. The summed E-state index contributed by atoms with van der Waals surface area (Å²) < 4.78 is 6.19. The molecule has 1 aromatic rings. The van der Waals surface area contributed by atoms with Crippen molar-refractivity contribution in [3.63, 3.8) is 0 Å². The van der Waals surface area contributed by atoms with Crippen LogP contribution in [0.2, 0.25) is 5.02 Å². The Bertz CT molecular complexity index is 711. The van der Waals surface area contributed by atoms with Crippen molar-refractivity contribution in [2.24, 2.45) is 5.41 Å². The third-order valence-corrected chi connectivity index (χ3v) is 6.25. The average Bonchev–Trinajstić information content (AvgIpc) is 2.65. The van der Waals surface area contributed by atoms with Crippen molar-refractivity contribution in [1.82, 2.24) is 14.7 Å². The number of hydrogen-bond donors (Lipinski definition) is 0. The van der Waals surface area contributed by atoms with Gasteiger partial charge in [-0.3, -0.25) is 4.79 Å². The van der Waals surface area contributed by atoms with Crippen LogP contribution in [0.4, 0.5) is 0 Å². The van der Waals surface area contributed by atoms with Crippen molar-refractivity contribution in [3.05, 3.63) is 28.8 Å². The van der Waals surface area contributed by atoms with Gasteiger partial charge in [0, 0.05) is 50.9 Å². The van der Waals surface area contributed by atoms with Crippen molar-refractivity contribution < 1.29 is 9.53 Å². The molecule has 2 saturated heterocycles. The molecular weight excluding hydrogens is 386 g/mol. The summed E-state index contributed by atoms with van der Waals surface area (Å²) in [6, 6.07) is 5.84. The lowest BCUT2D eigenvalue weighted by atomic mass is 9.94. The summed E-state index contributed by atoms with van der Waals surface area (Å²) in [5.74, 6) is 0.734. The van der Waals surface area contributed by atoms with Crippen LogP contribution < -0.4 is 4.74 Å². The van der Waals surface area contributed by atoms with Gasteiger partial charge in [0.25, 0.3) is 5.91 Å². The Labute approximate surface area is 180 Å². The lowest BCUT2D eigenvalue weighted by molar-refractivity contribution is 0.0572. The van der Waals surface area contributed by atoms with Crippen LogP contribution in [-0.4, -0.2) is 79.1 Å². The molecule has 3 rings (SSSR count). The number of rotatable bonds is 4. The quantitative estimate of drug-likeness (QED) is 0.736. The van der Waals surface area contributed by atoms with E-state index in [0.717, 1.165) is 52.1 Å². The minimum atomic E-state index is 0.0499. The van der Waals surface area contributed by atoms with Crippen LogP contribution in [0, 0.1) is 5.41 Å². The highest BCUT2D eigenvalue weighted by Gasteiger charge is 2.27. The zero-order valence-corrected chi connectivity index (χ0v) is 19.3. The summed E-state index contributed by atoms with van der Waals surface area (Å²) in [6.07, 6.45) is 2.20. The highest BCUT2D eigenvalue weighted by molar-refractivity contribution is 6.32. The molecule has 1 aromatic carbocycles. The van der Waals surface area contributed by atoms with Crippen LogP contribution in [0.15, 0.2) is 18.2 Å². The predicted octanol–water partition coefficient (Wildman–Crippen LogP) is 4.01. The van der Waals surface area contributed by atoms with Gasteiger partial charge in [-0.05, 0) is 50.4 Å². The summed E-state index contributed by atoms with van der Waals surface area (Å²) in [5.41, 5.74) is 0.958. The van der Waals surface area contributed by atoms with Crippen molar-refractivity contribution in [1.29, 1.82) is 0 Å². The molecule has 0 saturated carbocycles. The number of ether oxygens (including phenoxy) is 1. The van der Waals surface area contributed by atoms with Gasteiger partial charge in [-0.2, -0.15) is 0 Å². The Morgan fingerprint density at radius 1 is 1.17 bits per heavy atom. The number of piperazine rings is 1. The number of likely N-dealkylation sites (tertiary alicyclic amines) is 1. The average molecular weight is 422 g/mol. The van der Waals surface area contributed by atoms with Gasteiger partial charge in [-0.15, -0.1) is 0 Å². The molecule has 0 spiro atoms. The predicted molar refractivity (Wildman–Crippen MR) is 119 cm³/mol. The van der Waals surface area contributed by atoms with Gasteiger partial charge in [-0.25, -0.2) is 0 Å². The molecule has 1 atom stereocenters. The number of piperidine rings is 1. The number of carbonyl (C=O) groups is 1. The first-order valence-electron chi connectivity index (χ1n) is 10.8. The topological polar surface area (TPSA) is 36.0 Å². The first-order valence-corrected chi connectivity index (χ1v) is 11.2. The maximum atomic E-state index is 12.9. The van der Waals surface area contributed by atoms with E-state index in [-0.39, 0.29) is 12.0 Å². The monoisotopic (exact) mass is 421 g/mol. The first kappa shape index (κ1) is 22.4. The second-order valence-corrected chi connectivity index (χ2v) is 10.3. The summed E-state index contributed by atoms with van der Waals surface area (Å²) in [6.45, 7) is 14.6. The number of hydrogen-bond acceptors (Lipinski definition) is 4. The Hall–Kier alpha value is -1.30. The zero-order valence-electron chi connectivity index (χ0n) is 18.6. The van der Waals surface area contributed by atoms with Crippen molar-refractivity contribution in [2.45, 2.75) is 52.7 Å². The molecule has 2 heterocycles. The van der Waals surface area contributed by atoms with Crippen molar-refractivity contribution in [3.8, 4) is 5.75 Å². The molecule has 162 valence electrons. The minimum absolute atomic E-state index is 0.0499. The molecule has 2 aliphatic rings. The van der Waals surface area contributed by atoms with Crippen LogP contribution in [-0.2, 0) is 0 Å². The van der Waals surface area contributed by atoms with Gasteiger partial charge >= 0.3 is 0 Å². The molecule has 0 N–H and O–H groups in total. The molecular formula is C23H36ClN3O2. The Kier molecular flexibility index (Phi) is 7.13. The highest BCUT2D eigenvalue weighted by Crippen LogP contribution is 2.29. The zero-order chi connectivity index (χ0) is 21.2. The standard InChI is InChI=1S/C23H36ClN3O2/c1-17-15-27(13-12-25(17)5)22(28)18-6-7-21(20(24)14-18)29-19-8-10-26(11-9-19)16-23(2,3)4/h6-7,14,17,19H,8-13,15-16H2,1-5H3/t17-/m0/s1. The fourth-order valence-electron chi connectivity index (χ4n) is 4.18. The summed E-state index contributed by atoms with van der Waals surface area (Å²) in [7, 11) is 2.10. The van der Waals surface area contributed by atoms with Gasteiger partial charge in [0.05, 0.1) is 5.02 Å². The molecule has 5 nitrogen and oxygen atoms in total. The van der Waals surface area contributed by atoms with E-state index in [1.165, 1.54) is 0 Å². The second-order valence-electron chi connectivity index (χ2n) is 9.88. The Morgan fingerprint density at radius 2 is 1.86 bits per heavy atom. The number of amides is 1. The van der Waals surface area contributed by atoms with E-state index < -0.39 is 0 Å². The fourth-order valence-corrected chi connectivity index (χ4v) is 4.41. The van der Waals surface area contributed by atoms with E-state index in [2.05, 4.69) is 44.5 Å². The third kappa shape index (κ3) is 6.09. The number of likely N-dealkylation sites (N-methyl/N-ethyl adjacent to an activating group) is 1. The molecule has 0 unspecified atom stereocenters. The molecule has 6 heteroatoms. The number of halogens is 1. The number of benzene rings is 1. The fraction of sp³-hybridized carbons (Fsp3) is 0.696. The first-order chi connectivity index (χ1) is 13.6.